The van der Waals surface area contributed by atoms with E-state index < -0.39 is 16.6 Å². The Labute approximate surface area is 328 Å². The first-order chi connectivity index (χ1) is 24.4. The molecule has 4 saturated carbocycles. The van der Waals surface area contributed by atoms with Crippen LogP contribution in [0.25, 0.3) is 0 Å². The molecule has 4 fully saturated rings. The van der Waals surface area contributed by atoms with Crippen molar-refractivity contribution in [1.29, 1.82) is 0 Å². The number of aliphatic hydroxyl groups is 1. The lowest BCUT2D eigenvalue weighted by atomic mass is 9.62. The quantitative estimate of drug-likeness (QED) is 0.180. The monoisotopic (exact) mass is 759 g/mol. The van der Waals surface area contributed by atoms with Gasteiger partial charge < -0.3 is 14.0 Å². The van der Waals surface area contributed by atoms with Crippen molar-refractivity contribution in [3.8, 4) is 0 Å². The molecule has 0 bridgehead atoms. The van der Waals surface area contributed by atoms with Crippen molar-refractivity contribution in [2.24, 2.45) is 17.3 Å². The molecule has 4 aliphatic rings. The Morgan fingerprint density at radius 1 is 0.925 bits per heavy atom. The number of hydrogen-bond acceptors (Lipinski definition) is 3. The van der Waals surface area contributed by atoms with Crippen molar-refractivity contribution < 1.29 is 14.0 Å². The van der Waals surface area contributed by atoms with Gasteiger partial charge in [0.1, 0.15) is 0 Å². The smallest absolute Gasteiger partial charge is 0.192 e. The maximum Gasteiger partial charge on any atom is 0.192 e. The van der Waals surface area contributed by atoms with Crippen molar-refractivity contribution in [2.75, 3.05) is 0 Å². The van der Waals surface area contributed by atoms with Gasteiger partial charge in [-0.2, -0.15) is 0 Å². The van der Waals surface area contributed by atoms with E-state index in [0.29, 0.717) is 17.8 Å². The van der Waals surface area contributed by atoms with Gasteiger partial charge in [-0.1, -0.05) is 123 Å². The number of benzene rings is 1. The minimum Gasteiger partial charge on any atom is -0.413 e. The van der Waals surface area contributed by atoms with Gasteiger partial charge in [-0.05, 0) is 146 Å². The molecule has 5 heteroatoms. The molecule has 0 aliphatic heterocycles. The largest absolute Gasteiger partial charge is 0.413 e. The summed E-state index contributed by atoms with van der Waals surface area (Å²) in [4.78, 5) is 0. The average Bonchev–Trinajstić information content (AvgIpc) is 3.78. The molecular formula is C48H78O3Si2. The van der Waals surface area contributed by atoms with Gasteiger partial charge in [0.15, 0.2) is 16.6 Å². The summed E-state index contributed by atoms with van der Waals surface area (Å²) >= 11 is 0. The van der Waals surface area contributed by atoms with Gasteiger partial charge in [0.25, 0.3) is 0 Å². The lowest BCUT2D eigenvalue weighted by Crippen LogP contribution is -2.49. The normalized spacial score (nSPS) is 30.6. The zero-order chi connectivity index (χ0) is 39.4. The maximum atomic E-state index is 11.6. The second-order valence-corrected chi connectivity index (χ2v) is 31.0. The highest BCUT2D eigenvalue weighted by atomic mass is 28.4. The Bertz CT molecular complexity index is 1560. The fraction of sp³-hybridized carbons (Fsp3) is 0.708. The Hall–Kier alpha value is -1.51. The molecule has 5 rings (SSSR count). The molecule has 0 radical (unpaired) electrons. The fourth-order valence-electron chi connectivity index (χ4n) is 9.57. The van der Waals surface area contributed by atoms with Crippen LogP contribution in [-0.4, -0.2) is 40.1 Å². The predicted molar refractivity (Wildman–Crippen MR) is 233 cm³/mol. The highest BCUT2D eigenvalue weighted by molar-refractivity contribution is 6.74. The molecule has 0 saturated heterocycles. The van der Waals surface area contributed by atoms with Gasteiger partial charge in [0, 0.05) is 11.8 Å². The third kappa shape index (κ3) is 8.90. The summed E-state index contributed by atoms with van der Waals surface area (Å²) in [6, 6.07) is 9.10. The number of hydrogen-bond donors (Lipinski definition) is 1. The standard InChI is InChI=1S/C48H78O3Si2/c1-33(2)36-21-23-39(24-22-36)48(29-30-48)44(49)27-18-34(3)41-25-26-42-37(17-16-28-47(41,42)11)19-20-38-31-40(50-52(12,13)45(5,6)7)32-43(35(38)4)51-53(14,15)46(8,9)10/h18-24,33,40-44,49H,4,16-17,25-32H2,1-3,5-15H3/t40-,41-,42+,43+,44-,47-/m1/s1. The zero-order valence-electron chi connectivity index (χ0n) is 36.5. The van der Waals surface area contributed by atoms with Crippen LogP contribution in [0.5, 0.6) is 0 Å². The molecule has 0 spiro atoms. The fourth-order valence-corrected chi connectivity index (χ4v) is 12.2. The second kappa shape index (κ2) is 15.4. The van der Waals surface area contributed by atoms with Crippen LogP contribution in [0.2, 0.25) is 36.3 Å². The molecule has 0 unspecified atom stereocenters. The molecule has 0 amide bonds. The molecule has 296 valence electrons. The van der Waals surface area contributed by atoms with Crippen LogP contribution in [0, 0.1) is 17.3 Å². The van der Waals surface area contributed by atoms with E-state index in [9.17, 15) is 5.11 Å². The van der Waals surface area contributed by atoms with E-state index in [1.807, 2.05) is 0 Å². The van der Waals surface area contributed by atoms with E-state index in [2.05, 4.69) is 138 Å². The molecule has 4 aliphatic carbocycles. The van der Waals surface area contributed by atoms with Gasteiger partial charge in [-0.25, -0.2) is 0 Å². The van der Waals surface area contributed by atoms with Gasteiger partial charge in [0.2, 0.25) is 0 Å². The summed E-state index contributed by atoms with van der Waals surface area (Å²) < 4.78 is 14.2. The zero-order valence-corrected chi connectivity index (χ0v) is 38.5. The lowest BCUT2D eigenvalue weighted by Gasteiger charge is -2.45. The number of allylic oxidation sites excluding steroid dienone is 4. The van der Waals surface area contributed by atoms with E-state index in [4.69, 9.17) is 15.4 Å². The molecule has 0 heterocycles. The SMILES string of the molecule is C=C1C(=CC=C2CCC[C@]3(C)[C@@H](C(C)=CC[C@@H](O)C4(c5ccc(C(C)C)cc5)CC4)CC[C@@H]23)C[C@@H](O[Si](C)(C)C(C)(C)C)C[C@@H]1O[Si](C)(C)C(C)(C)C. The van der Waals surface area contributed by atoms with Crippen LogP contribution in [-0.2, 0) is 14.3 Å². The van der Waals surface area contributed by atoms with Crippen LogP contribution < -0.4 is 0 Å². The number of fused-ring (bicyclic) bond motifs is 1. The molecule has 1 N–H and O–H groups in total. The first kappa shape index (κ1) is 42.6. The number of aliphatic hydroxyl groups excluding tert-OH is 1. The summed E-state index contributed by atoms with van der Waals surface area (Å²) in [7, 11) is -3.96. The maximum absolute atomic E-state index is 11.6. The van der Waals surface area contributed by atoms with E-state index in [1.165, 1.54) is 60.0 Å². The Morgan fingerprint density at radius 3 is 2.09 bits per heavy atom. The first-order valence-corrected chi connectivity index (χ1v) is 27.1. The molecule has 3 nitrogen and oxygen atoms in total. The van der Waals surface area contributed by atoms with Crippen LogP contribution in [0.1, 0.15) is 150 Å². The summed E-state index contributed by atoms with van der Waals surface area (Å²) in [5, 5.41) is 11.9. The van der Waals surface area contributed by atoms with Gasteiger partial charge in [0.05, 0.1) is 18.3 Å². The Kier molecular flexibility index (Phi) is 12.4. The van der Waals surface area contributed by atoms with Gasteiger partial charge in [-0.3, -0.25) is 0 Å². The van der Waals surface area contributed by atoms with Crippen LogP contribution in [0.3, 0.4) is 0 Å². The highest BCUT2D eigenvalue weighted by Crippen LogP contribution is 2.60. The van der Waals surface area contributed by atoms with Crippen molar-refractivity contribution in [1.82, 2.24) is 0 Å². The topological polar surface area (TPSA) is 38.7 Å². The van der Waals surface area contributed by atoms with E-state index >= 15 is 0 Å². The highest BCUT2D eigenvalue weighted by Gasteiger charge is 2.52. The third-order valence-corrected chi connectivity index (χ3v) is 24.5. The first-order valence-electron chi connectivity index (χ1n) is 21.3. The van der Waals surface area contributed by atoms with Crippen LogP contribution in [0.4, 0.5) is 0 Å². The van der Waals surface area contributed by atoms with Crippen LogP contribution >= 0.6 is 0 Å². The minimum absolute atomic E-state index is 0.00820. The number of rotatable bonds is 11. The second-order valence-electron chi connectivity index (χ2n) is 21.4. The van der Waals surface area contributed by atoms with Gasteiger partial charge >= 0.3 is 0 Å². The Balaban J connectivity index is 1.33. The van der Waals surface area contributed by atoms with E-state index in [1.54, 1.807) is 5.57 Å². The molecule has 1 aromatic rings. The molecule has 6 atom stereocenters. The molecule has 1 aromatic carbocycles. The van der Waals surface area contributed by atoms with Gasteiger partial charge in [-0.15, -0.1) is 0 Å². The minimum atomic E-state index is -2.00. The summed E-state index contributed by atoms with van der Waals surface area (Å²) in [5.74, 6) is 1.71. The van der Waals surface area contributed by atoms with Crippen molar-refractivity contribution in [3.63, 3.8) is 0 Å². The van der Waals surface area contributed by atoms with E-state index in [-0.39, 0.29) is 39.2 Å². The molecule has 0 aromatic heterocycles. The summed E-state index contributed by atoms with van der Waals surface area (Å²) in [6.45, 7) is 37.7. The van der Waals surface area contributed by atoms with E-state index in [0.717, 1.165) is 32.1 Å². The predicted octanol–water partition coefficient (Wildman–Crippen LogP) is 13.7. The Morgan fingerprint density at radius 2 is 1.53 bits per heavy atom. The summed E-state index contributed by atoms with van der Waals surface area (Å²) in [5.41, 5.74) is 8.53. The van der Waals surface area contributed by atoms with Crippen LogP contribution in [0.15, 0.2) is 71.4 Å². The van der Waals surface area contributed by atoms with Crippen molar-refractivity contribution >= 4 is 16.6 Å². The average molecular weight is 759 g/mol. The van der Waals surface area contributed by atoms with Crippen molar-refractivity contribution in [3.05, 3.63) is 82.5 Å². The molecule has 53 heavy (non-hydrogen) atoms. The molecular weight excluding hydrogens is 681 g/mol. The summed E-state index contributed by atoms with van der Waals surface area (Å²) in [6.07, 6.45) is 18.2. The lowest BCUT2D eigenvalue weighted by molar-refractivity contribution is 0.0969. The third-order valence-electron chi connectivity index (χ3n) is 15.5. The van der Waals surface area contributed by atoms with Crippen molar-refractivity contribution in [2.45, 2.75) is 199 Å².